The summed E-state index contributed by atoms with van der Waals surface area (Å²) in [5.74, 6) is 1.52. The molecule has 1 amide bonds. The van der Waals surface area contributed by atoms with E-state index < -0.39 is 0 Å². The molecule has 0 aliphatic rings. The van der Waals surface area contributed by atoms with E-state index in [1.54, 1.807) is 0 Å². The van der Waals surface area contributed by atoms with Crippen LogP contribution in [0.3, 0.4) is 0 Å². The largest absolute Gasteiger partial charge is 0.459 e. The third-order valence-electron chi connectivity index (χ3n) is 4.03. The van der Waals surface area contributed by atoms with Crippen LogP contribution in [0.15, 0.2) is 39.3 Å². The van der Waals surface area contributed by atoms with E-state index in [1.165, 1.54) is 0 Å². The van der Waals surface area contributed by atoms with Crippen molar-refractivity contribution in [1.29, 1.82) is 0 Å². The SMILES string of the molecule is Cc1noc(C)c1CCC(=O)N[C@@H](C)c1cc2ccccc2o1. The molecule has 2 aromatic heterocycles. The molecule has 23 heavy (non-hydrogen) atoms. The van der Waals surface area contributed by atoms with Gasteiger partial charge in [-0.25, -0.2) is 0 Å². The Hall–Kier alpha value is -2.56. The molecule has 5 heteroatoms. The van der Waals surface area contributed by atoms with E-state index in [2.05, 4.69) is 10.5 Å². The summed E-state index contributed by atoms with van der Waals surface area (Å²) in [5, 5.41) is 7.92. The van der Waals surface area contributed by atoms with E-state index >= 15 is 0 Å². The number of hydrogen-bond acceptors (Lipinski definition) is 4. The molecular weight excluding hydrogens is 292 g/mol. The maximum atomic E-state index is 12.2. The molecule has 3 aromatic rings. The molecule has 1 N–H and O–H groups in total. The van der Waals surface area contributed by atoms with Crippen LogP contribution in [-0.4, -0.2) is 11.1 Å². The molecule has 0 unspecified atom stereocenters. The van der Waals surface area contributed by atoms with Crippen molar-refractivity contribution in [2.45, 2.75) is 39.7 Å². The smallest absolute Gasteiger partial charge is 0.220 e. The second-order valence-electron chi connectivity index (χ2n) is 5.78. The van der Waals surface area contributed by atoms with Gasteiger partial charge in [0.15, 0.2) is 0 Å². The molecule has 1 atom stereocenters. The van der Waals surface area contributed by atoms with Gasteiger partial charge in [-0.1, -0.05) is 23.4 Å². The van der Waals surface area contributed by atoms with Gasteiger partial charge < -0.3 is 14.3 Å². The van der Waals surface area contributed by atoms with Crippen LogP contribution < -0.4 is 5.32 Å². The normalized spacial score (nSPS) is 12.5. The topological polar surface area (TPSA) is 68.3 Å². The van der Waals surface area contributed by atoms with Crippen LogP contribution in [0.4, 0.5) is 0 Å². The zero-order valence-corrected chi connectivity index (χ0v) is 13.6. The molecule has 0 fully saturated rings. The van der Waals surface area contributed by atoms with Gasteiger partial charge in [0.2, 0.25) is 5.91 Å². The quantitative estimate of drug-likeness (QED) is 0.777. The van der Waals surface area contributed by atoms with Crippen molar-refractivity contribution >= 4 is 16.9 Å². The zero-order valence-electron chi connectivity index (χ0n) is 13.6. The number of amides is 1. The highest BCUT2D eigenvalue weighted by Crippen LogP contribution is 2.23. The minimum atomic E-state index is -0.167. The molecule has 0 spiro atoms. The van der Waals surface area contributed by atoms with Crippen LogP contribution in [0.25, 0.3) is 11.0 Å². The fourth-order valence-corrected chi connectivity index (χ4v) is 2.70. The van der Waals surface area contributed by atoms with Gasteiger partial charge in [-0.05, 0) is 39.3 Å². The van der Waals surface area contributed by atoms with E-state index in [0.717, 1.165) is 33.7 Å². The molecule has 0 bridgehead atoms. The van der Waals surface area contributed by atoms with Gasteiger partial charge in [-0.2, -0.15) is 0 Å². The van der Waals surface area contributed by atoms with E-state index in [-0.39, 0.29) is 11.9 Å². The summed E-state index contributed by atoms with van der Waals surface area (Å²) in [5.41, 5.74) is 2.69. The highest BCUT2D eigenvalue weighted by Gasteiger charge is 2.16. The maximum Gasteiger partial charge on any atom is 0.220 e. The Morgan fingerprint density at radius 3 is 2.78 bits per heavy atom. The first-order valence-electron chi connectivity index (χ1n) is 7.74. The van der Waals surface area contributed by atoms with Gasteiger partial charge in [0, 0.05) is 17.4 Å². The number of para-hydroxylation sites is 1. The molecule has 5 nitrogen and oxygen atoms in total. The molecule has 0 aliphatic heterocycles. The van der Waals surface area contributed by atoms with Crippen molar-refractivity contribution in [3.05, 3.63) is 53.1 Å². The molecule has 2 heterocycles. The van der Waals surface area contributed by atoms with Crippen LogP contribution in [-0.2, 0) is 11.2 Å². The van der Waals surface area contributed by atoms with Gasteiger partial charge in [0.25, 0.3) is 0 Å². The number of rotatable bonds is 5. The second-order valence-corrected chi connectivity index (χ2v) is 5.78. The van der Waals surface area contributed by atoms with E-state index in [9.17, 15) is 4.79 Å². The lowest BCUT2D eigenvalue weighted by Gasteiger charge is -2.11. The Kier molecular flexibility index (Phi) is 4.19. The van der Waals surface area contributed by atoms with E-state index in [1.807, 2.05) is 51.1 Å². The van der Waals surface area contributed by atoms with Crippen LogP contribution in [0.5, 0.6) is 0 Å². The Morgan fingerprint density at radius 2 is 2.09 bits per heavy atom. The lowest BCUT2D eigenvalue weighted by molar-refractivity contribution is -0.121. The van der Waals surface area contributed by atoms with Crippen molar-refractivity contribution in [3.8, 4) is 0 Å². The maximum absolute atomic E-state index is 12.2. The Bertz CT molecular complexity index is 779. The minimum absolute atomic E-state index is 0.0158. The summed E-state index contributed by atoms with van der Waals surface area (Å²) in [4.78, 5) is 12.2. The van der Waals surface area contributed by atoms with Gasteiger partial charge in [0.1, 0.15) is 17.1 Å². The van der Waals surface area contributed by atoms with Crippen molar-refractivity contribution in [2.75, 3.05) is 0 Å². The summed E-state index contributed by atoms with van der Waals surface area (Å²) < 4.78 is 10.9. The standard InChI is InChI=1S/C18H20N2O3/c1-11-15(13(3)23-20-11)8-9-18(21)19-12(2)17-10-14-6-4-5-7-16(14)22-17/h4-7,10,12H,8-9H2,1-3H3,(H,19,21)/t12-/m0/s1. The first kappa shape index (κ1) is 15.3. The predicted molar refractivity (Wildman–Crippen MR) is 87.1 cm³/mol. The Morgan fingerprint density at radius 1 is 1.30 bits per heavy atom. The summed E-state index contributed by atoms with van der Waals surface area (Å²) in [6.07, 6.45) is 1.02. The molecule has 3 rings (SSSR count). The molecule has 1 aromatic carbocycles. The third-order valence-corrected chi connectivity index (χ3v) is 4.03. The minimum Gasteiger partial charge on any atom is -0.459 e. The van der Waals surface area contributed by atoms with Crippen molar-refractivity contribution in [1.82, 2.24) is 10.5 Å². The van der Waals surface area contributed by atoms with Crippen molar-refractivity contribution in [2.24, 2.45) is 0 Å². The monoisotopic (exact) mass is 312 g/mol. The van der Waals surface area contributed by atoms with Gasteiger partial charge >= 0.3 is 0 Å². The van der Waals surface area contributed by atoms with Crippen LogP contribution in [0.2, 0.25) is 0 Å². The average molecular weight is 312 g/mol. The number of fused-ring (bicyclic) bond motifs is 1. The molecule has 0 aliphatic carbocycles. The molecule has 0 saturated carbocycles. The van der Waals surface area contributed by atoms with E-state index in [0.29, 0.717) is 12.8 Å². The Balaban J connectivity index is 1.61. The number of nitrogens with one attached hydrogen (secondary N) is 1. The fourth-order valence-electron chi connectivity index (χ4n) is 2.70. The summed E-state index contributed by atoms with van der Waals surface area (Å²) in [7, 11) is 0. The number of nitrogens with zero attached hydrogens (tertiary/aromatic N) is 1. The molecular formula is C18H20N2O3. The van der Waals surface area contributed by atoms with Gasteiger partial charge in [-0.15, -0.1) is 0 Å². The number of carbonyl (C=O) groups is 1. The Labute approximate surface area is 134 Å². The van der Waals surface area contributed by atoms with Gasteiger partial charge in [0.05, 0.1) is 11.7 Å². The summed E-state index contributed by atoms with van der Waals surface area (Å²) in [6.45, 7) is 5.68. The van der Waals surface area contributed by atoms with Gasteiger partial charge in [-0.3, -0.25) is 4.79 Å². The number of carbonyl (C=O) groups excluding carboxylic acids is 1. The van der Waals surface area contributed by atoms with Crippen LogP contribution in [0, 0.1) is 13.8 Å². The lowest BCUT2D eigenvalue weighted by Crippen LogP contribution is -2.26. The number of furan rings is 1. The first-order chi connectivity index (χ1) is 11.0. The molecule has 0 radical (unpaired) electrons. The molecule has 0 saturated heterocycles. The van der Waals surface area contributed by atoms with E-state index in [4.69, 9.17) is 8.94 Å². The number of benzene rings is 1. The molecule has 120 valence electrons. The van der Waals surface area contributed by atoms with Crippen LogP contribution in [0.1, 0.15) is 42.2 Å². The summed E-state index contributed by atoms with van der Waals surface area (Å²) >= 11 is 0. The zero-order chi connectivity index (χ0) is 16.4. The summed E-state index contributed by atoms with van der Waals surface area (Å²) in [6, 6.07) is 9.62. The van der Waals surface area contributed by atoms with Crippen molar-refractivity contribution in [3.63, 3.8) is 0 Å². The highest BCUT2D eigenvalue weighted by molar-refractivity contribution is 5.79. The fraction of sp³-hybridized carbons (Fsp3) is 0.333. The lowest BCUT2D eigenvalue weighted by atomic mass is 10.1. The average Bonchev–Trinajstić information content (AvgIpc) is 3.09. The first-order valence-corrected chi connectivity index (χ1v) is 7.74. The number of aryl methyl sites for hydroxylation is 2. The highest BCUT2D eigenvalue weighted by atomic mass is 16.5. The second kappa shape index (κ2) is 6.28. The van der Waals surface area contributed by atoms with Crippen LogP contribution >= 0.6 is 0 Å². The predicted octanol–water partition coefficient (Wildman–Crippen LogP) is 3.85. The van der Waals surface area contributed by atoms with Crippen molar-refractivity contribution < 1.29 is 13.7 Å². The third kappa shape index (κ3) is 3.28. The number of aromatic nitrogens is 1. The number of hydrogen-bond donors (Lipinski definition) is 1.